The molecule has 1 N–H and O–H groups in total. The van der Waals surface area contributed by atoms with Gasteiger partial charge in [-0.3, -0.25) is 14.8 Å². The van der Waals surface area contributed by atoms with Crippen LogP contribution in [0.15, 0.2) is 73.3 Å². The standard InChI is InChI=1S/C24H26N4O/c1-18-5-2-3-7-22(18)23(19-8-13-25-14-9-19)27-21-10-15-28(16-11-21)24(29)20-6-4-12-26-17-20/h2-9,12-14,17,21,23,27H,10-11,15-16H2,1H3. The highest BCUT2D eigenvalue weighted by atomic mass is 16.2. The average Bonchev–Trinajstić information content (AvgIpc) is 2.79. The van der Waals surface area contributed by atoms with Gasteiger partial charge in [0.05, 0.1) is 11.6 Å². The van der Waals surface area contributed by atoms with Crippen molar-refractivity contribution < 1.29 is 4.79 Å². The van der Waals surface area contributed by atoms with Crippen LogP contribution in [0.4, 0.5) is 0 Å². The number of aryl methyl sites for hydroxylation is 1. The molecular formula is C24H26N4O. The summed E-state index contributed by atoms with van der Waals surface area (Å²) >= 11 is 0. The van der Waals surface area contributed by atoms with E-state index in [0.717, 1.165) is 25.9 Å². The minimum absolute atomic E-state index is 0.0705. The van der Waals surface area contributed by atoms with Crippen molar-refractivity contribution >= 4 is 5.91 Å². The summed E-state index contributed by atoms with van der Waals surface area (Å²) < 4.78 is 0. The predicted molar refractivity (Wildman–Crippen MR) is 114 cm³/mol. The number of nitrogens with one attached hydrogen (secondary N) is 1. The van der Waals surface area contributed by atoms with Gasteiger partial charge in [-0.25, -0.2) is 0 Å². The fourth-order valence-corrected chi connectivity index (χ4v) is 3.99. The molecule has 1 fully saturated rings. The van der Waals surface area contributed by atoms with Gasteiger partial charge in [-0.05, 0) is 60.7 Å². The topological polar surface area (TPSA) is 58.1 Å². The van der Waals surface area contributed by atoms with Gasteiger partial charge >= 0.3 is 0 Å². The number of piperidine rings is 1. The Kier molecular flexibility index (Phi) is 5.96. The van der Waals surface area contributed by atoms with Crippen LogP contribution in [0.25, 0.3) is 0 Å². The van der Waals surface area contributed by atoms with Crippen LogP contribution in [0.3, 0.4) is 0 Å². The highest BCUT2D eigenvalue weighted by Crippen LogP contribution is 2.27. The van der Waals surface area contributed by atoms with Gasteiger partial charge in [-0.2, -0.15) is 0 Å². The highest BCUT2D eigenvalue weighted by Gasteiger charge is 2.26. The number of hydrogen-bond donors (Lipinski definition) is 1. The van der Waals surface area contributed by atoms with E-state index in [9.17, 15) is 4.79 Å². The first-order chi connectivity index (χ1) is 14.2. The molecule has 1 aliphatic rings. The maximum Gasteiger partial charge on any atom is 0.255 e. The van der Waals surface area contributed by atoms with E-state index in [0.29, 0.717) is 11.6 Å². The van der Waals surface area contributed by atoms with Gasteiger partial charge in [0.2, 0.25) is 0 Å². The van der Waals surface area contributed by atoms with Crippen molar-refractivity contribution in [3.63, 3.8) is 0 Å². The van der Waals surface area contributed by atoms with E-state index >= 15 is 0 Å². The third kappa shape index (κ3) is 4.51. The summed E-state index contributed by atoms with van der Waals surface area (Å²) in [5.74, 6) is 0.0705. The number of likely N-dealkylation sites (tertiary alicyclic amines) is 1. The largest absolute Gasteiger partial charge is 0.338 e. The Balaban J connectivity index is 1.46. The number of nitrogens with zero attached hydrogens (tertiary/aromatic N) is 3. The van der Waals surface area contributed by atoms with Crippen molar-refractivity contribution in [1.82, 2.24) is 20.2 Å². The second-order valence-electron chi connectivity index (χ2n) is 7.54. The molecule has 1 saturated heterocycles. The van der Waals surface area contributed by atoms with Gasteiger partial charge in [-0.1, -0.05) is 24.3 Å². The molecule has 4 rings (SSSR count). The zero-order chi connectivity index (χ0) is 20.1. The summed E-state index contributed by atoms with van der Waals surface area (Å²) in [6.07, 6.45) is 8.88. The molecule has 29 heavy (non-hydrogen) atoms. The molecule has 3 aromatic rings. The summed E-state index contributed by atoms with van der Waals surface area (Å²) in [5, 5.41) is 3.85. The first-order valence-electron chi connectivity index (χ1n) is 10.1. The maximum atomic E-state index is 12.7. The van der Waals surface area contributed by atoms with Crippen molar-refractivity contribution in [3.05, 3.63) is 95.6 Å². The monoisotopic (exact) mass is 386 g/mol. The molecule has 0 saturated carbocycles. The summed E-state index contributed by atoms with van der Waals surface area (Å²) in [6.45, 7) is 3.66. The Bertz CT molecular complexity index is 937. The third-order valence-corrected chi connectivity index (χ3v) is 5.63. The zero-order valence-corrected chi connectivity index (χ0v) is 16.7. The minimum atomic E-state index is 0.0705. The first kappa shape index (κ1) is 19.3. The van der Waals surface area contributed by atoms with Gasteiger partial charge < -0.3 is 10.2 Å². The molecule has 1 atom stereocenters. The van der Waals surface area contributed by atoms with Crippen molar-refractivity contribution in [2.75, 3.05) is 13.1 Å². The molecule has 1 aliphatic heterocycles. The minimum Gasteiger partial charge on any atom is -0.338 e. The quantitative estimate of drug-likeness (QED) is 0.725. The number of carbonyl (C=O) groups excluding carboxylic acids is 1. The molecule has 0 bridgehead atoms. The van der Waals surface area contributed by atoms with Crippen LogP contribution in [0.5, 0.6) is 0 Å². The number of carbonyl (C=O) groups is 1. The normalized spacial score (nSPS) is 15.8. The lowest BCUT2D eigenvalue weighted by Gasteiger charge is -2.35. The number of amides is 1. The lowest BCUT2D eigenvalue weighted by atomic mass is 9.93. The number of rotatable bonds is 5. The zero-order valence-electron chi connectivity index (χ0n) is 16.7. The molecule has 1 unspecified atom stereocenters. The summed E-state index contributed by atoms with van der Waals surface area (Å²) in [7, 11) is 0. The lowest BCUT2D eigenvalue weighted by molar-refractivity contribution is 0.0702. The summed E-state index contributed by atoms with van der Waals surface area (Å²) in [4.78, 5) is 22.8. The second kappa shape index (κ2) is 8.97. The molecule has 1 amide bonds. The summed E-state index contributed by atoms with van der Waals surface area (Å²) in [5.41, 5.74) is 4.43. The molecule has 148 valence electrons. The predicted octanol–water partition coefficient (Wildman–Crippen LogP) is 3.77. The number of aromatic nitrogens is 2. The van der Waals surface area contributed by atoms with Crippen LogP contribution < -0.4 is 5.32 Å². The van der Waals surface area contributed by atoms with Gasteiger partial charge in [0.1, 0.15) is 0 Å². The average molecular weight is 386 g/mol. The van der Waals surface area contributed by atoms with E-state index in [1.165, 1.54) is 16.7 Å². The van der Waals surface area contributed by atoms with Crippen molar-refractivity contribution in [2.45, 2.75) is 31.8 Å². The molecule has 0 spiro atoms. The van der Waals surface area contributed by atoms with Crippen LogP contribution >= 0.6 is 0 Å². The Morgan fingerprint density at radius 1 is 1.00 bits per heavy atom. The van der Waals surface area contributed by atoms with E-state index in [-0.39, 0.29) is 11.9 Å². The van der Waals surface area contributed by atoms with E-state index in [2.05, 4.69) is 58.6 Å². The molecule has 0 radical (unpaired) electrons. The SMILES string of the molecule is Cc1ccccc1C(NC1CCN(C(=O)c2cccnc2)CC1)c1ccncc1. The van der Waals surface area contributed by atoms with Crippen LogP contribution in [-0.2, 0) is 0 Å². The third-order valence-electron chi connectivity index (χ3n) is 5.63. The smallest absolute Gasteiger partial charge is 0.255 e. The van der Waals surface area contributed by atoms with E-state index < -0.39 is 0 Å². The Morgan fingerprint density at radius 3 is 2.45 bits per heavy atom. The molecular weight excluding hydrogens is 360 g/mol. The Hall–Kier alpha value is -3.05. The van der Waals surface area contributed by atoms with Gasteiger partial charge in [0.15, 0.2) is 0 Å². The molecule has 5 nitrogen and oxygen atoms in total. The van der Waals surface area contributed by atoms with Crippen molar-refractivity contribution in [3.8, 4) is 0 Å². The maximum absolute atomic E-state index is 12.7. The Morgan fingerprint density at radius 2 is 1.76 bits per heavy atom. The number of hydrogen-bond acceptors (Lipinski definition) is 4. The molecule has 5 heteroatoms. The molecule has 3 heterocycles. The molecule has 1 aromatic carbocycles. The Labute approximate surface area is 171 Å². The fourth-order valence-electron chi connectivity index (χ4n) is 3.99. The van der Waals surface area contributed by atoms with Gasteiger partial charge in [0.25, 0.3) is 5.91 Å². The van der Waals surface area contributed by atoms with Crippen LogP contribution in [-0.4, -0.2) is 39.9 Å². The van der Waals surface area contributed by atoms with Crippen LogP contribution in [0.2, 0.25) is 0 Å². The van der Waals surface area contributed by atoms with E-state index in [1.807, 2.05) is 29.4 Å². The fraction of sp³-hybridized carbons (Fsp3) is 0.292. The van der Waals surface area contributed by atoms with E-state index in [4.69, 9.17) is 0 Å². The van der Waals surface area contributed by atoms with Crippen molar-refractivity contribution in [1.29, 1.82) is 0 Å². The second-order valence-corrected chi connectivity index (χ2v) is 7.54. The van der Waals surface area contributed by atoms with Gasteiger partial charge in [0, 0.05) is 43.9 Å². The van der Waals surface area contributed by atoms with E-state index in [1.54, 1.807) is 12.4 Å². The van der Waals surface area contributed by atoms with Gasteiger partial charge in [-0.15, -0.1) is 0 Å². The van der Waals surface area contributed by atoms with Crippen LogP contribution in [0, 0.1) is 6.92 Å². The van der Waals surface area contributed by atoms with Crippen molar-refractivity contribution in [2.24, 2.45) is 0 Å². The number of benzene rings is 1. The number of pyridine rings is 2. The first-order valence-corrected chi connectivity index (χ1v) is 10.1. The lowest BCUT2D eigenvalue weighted by Crippen LogP contribution is -2.46. The summed E-state index contributed by atoms with van der Waals surface area (Å²) in [6, 6.07) is 16.8. The van der Waals surface area contributed by atoms with Crippen LogP contribution in [0.1, 0.15) is 45.9 Å². The molecule has 0 aliphatic carbocycles. The highest BCUT2D eigenvalue weighted by molar-refractivity contribution is 5.93. The molecule has 2 aromatic heterocycles.